The zero-order valence-electron chi connectivity index (χ0n) is 9.45. The van der Waals surface area contributed by atoms with Crippen molar-refractivity contribution in [1.82, 2.24) is 0 Å². The molecule has 0 aliphatic rings. The van der Waals surface area contributed by atoms with E-state index >= 15 is 0 Å². The van der Waals surface area contributed by atoms with E-state index in [0.717, 1.165) is 26.2 Å². The zero-order chi connectivity index (χ0) is 12.4. The van der Waals surface area contributed by atoms with Gasteiger partial charge in [0.2, 0.25) is 0 Å². The van der Waals surface area contributed by atoms with Gasteiger partial charge >= 0.3 is 0 Å². The minimum atomic E-state index is -0.112. The molecule has 0 spiro atoms. The molecular weight excluding hydrogens is 298 g/mol. The fourth-order valence-electron chi connectivity index (χ4n) is 1.72. The summed E-state index contributed by atoms with van der Waals surface area (Å²) in [5.41, 5.74) is 9.45. The number of halogens is 2. The lowest BCUT2D eigenvalue weighted by Crippen LogP contribution is -2.11. The van der Waals surface area contributed by atoms with Crippen molar-refractivity contribution in [2.24, 2.45) is 5.73 Å². The van der Waals surface area contributed by atoms with Gasteiger partial charge in [0.05, 0.1) is 6.04 Å². The molecule has 1 unspecified atom stereocenters. The molecule has 0 aliphatic carbocycles. The Kier molecular flexibility index (Phi) is 3.87. The summed E-state index contributed by atoms with van der Waals surface area (Å²) in [6, 6.07) is 13.8. The van der Waals surface area contributed by atoms with E-state index in [2.05, 4.69) is 15.9 Å². The van der Waals surface area contributed by atoms with Crippen LogP contribution >= 0.6 is 27.5 Å². The summed E-state index contributed by atoms with van der Waals surface area (Å²) in [4.78, 5) is 0. The maximum atomic E-state index is 6.23. The van der Waals surface area contributed by atoms with E-state index in [0.29, 0.717) is 0 Å². The molecule has 2 aromatic rings. The van der Waals surface area contributed by atoms with E-state index in [4.69, 9.17) is 17.3 Å². The Morgan fingerprint density at radius 2 is 1.65 bits per heavy atom. The third kappa shape index (κ3) is 2.89. The fraction of sp³-hybridized carbons (Fsp3) is 0.143. The first-order chi connectivity index (χ1) is 8.08. The molecule has 0 bridgehead atoms. The van der Waals surface area contributed by atoms with Gasteiger partial charge in [0, 0.05) is 9.50 Å². The van der Waals surface area contributed by atoms with E-state index < -0.39 is 0 Å². The molecule has 2 aromatic carbocycles. The predicted octanol–water partition coefficient (Wildman–Crippen LogP) is 4.46. The predicted molar refractivity (Wildman–Crippen MR) is 76.4 cm³/mol. The average molecular weight is 311 g/mol. The van der Waals surface area contributed by atoms with Gasteiger partial charge in [0.15, 0.2) is 0 Å². The van der Waals surface area contributed by atoms with Crippen molar-refractivity contribution < 1.29 is 0 Å². The first kappa shape index (κ1) is 12.6. The van der Waals surface area contributed by atoms with E-state index in [1.807, 2.05) is 49.4 Å². The first-order valence-corrected chi connectivity index (χ1v) is 6.52. The van der Waals surface area contributed by atoms with Crippen molar-refractivity contribution in [2.75, 3.05) is 0 Å². The summed E-state index contributed by atoms with van der Waals surface area (Å²) in [6.07, 6.45) is 0. The van der Waals surface area contributed by atoms with Crippen molar-refractivity contribution in [3.05, 3.63) is 68.7 Å². The lowest BCUT2D eigenvalue weighted by atomic mass is 9.98. The van der Waals surface area contributed by atoms with Crippen LogP contribution in [0.25, 0.3) is 0 Å². The minimum Gasteiger partial charge on any atom is -0.320 e. The van der Waals surface area contributed by atoms with Gasteiger partial charge in [-0.25, -0.2) is 0 Å². The number of rotatable bonds is 2. The Bertz CT molecular complexity index is 522. The van der Waals surface area contributed by atoms with Gasteiger partial charge in [0.25, 0.3) is 0 Å². The molecule has 0 saturated heterocycles. The summed E-state index contributed by atoms with van der Waals surface area (Å²) >= 11 is 9.42. The van der Waals surface area contributed by atoms with Gasteiger partial charge in [-0.05, 0) is 41.8 Å². The molecule has 3 heteroatoms. The van der Waals surface area contributed by atoms with Crippen LogP contribution in [-0.2, 0) is 0 Å². The molecule has 2 rings (SSSR count). The van der Waals surface area contributed by atoms with Crippen molar-refractivity contribution in [3.63, 3.8) is 0 Å². The smallest absolute Gasteiger partial charge is 0.0551 e. The first-order valence-electron chi connectivity index (χ1n) is 5.35. The third-order valence-corrected chi connectivity index (χ3v) is 3.72. The zero-order valence-corrected chi connectivity index (χ0v) is 11.8. The van der Waals surface area contributed by atoms with E-state index in [1.165, 1.54) is 0 Å². The Hall–Kier alpha value is -0.830. The number of hydrogen-bond donors (Lipinski definition) is 1. The SMILES string of the molecule is Cc1cc(C(N)c2ccc(Br)cc2)ccc1Cl. The second-order valence-corrected chi connectivity index (χ2v) is 5.36. The van der Waals surface area contributed by atoms with Gasteiger partial charge in [-0.3, -0.25) is 0 Å². The molecular formula is C14H13BrClN. The molecule has 0 fully saturated rings. The summed E-state index contributed by atoms with van der Waals surface area (Å²) in [6.45, 7) is 1.99. The lowest BCUT2D eigenvalue weighted by molar-refractivity contribution is 0.869. The van der Waals surface area contributed by atoms with Crippen LogP contribution in [-0.4, -0.2) is 0 Å². The van der Waals surface area contributed by atoms with Crippen LogP contribution in [0.3, 0.4) is 0 Å². The number of benzene rings is 2. The van der Waals surface area contributed by atoms with Crippen molar-refractivity contribution in [2.45, 2.75) is 13.0 Å². The van der Waals surface area contributed by atoms with Gasteiger partial charge in [-0.15, -0.1) is 0 Å². The van der Waals surface area contributed by atoms with Gasteiger partial charge in [-0.2, -0.15) is 0 Å². The topological polar surface area (TPSA) is 26.0 Å². The quantitative estimate of drug-likeness (QED) is 0.871. The summed E-state index contributed by atoms with van der Waals surface area (Å²) in [7, 11) is 0. The number of aryl methyl sites for hydroxylation is 1. The van der Waals surface area contributed by atoms with Gasteiger partial charge < -0.3 is 5.73 Å². The Morgan fingerprint density at radius 3 is 2.24 bits per heavy atom. The number of hydrogen-bond acceptors (Lipinski definition) is 1. The highest BCUT2D eigenvalue weighted by Gasteiger charge is 2.09. The van der Waals surface area contributed by atoms with E-state index in [1.54, 1.807) is 0 Å². The summed E-state index contributed by atoms with van der Waals surface area (Å²) in [5, 5.41) is 0.775. The fourth-order valence-corrected chi connectivity index (χ4v) is 2.11. The molecule has 0 aliphatic heterocycles. The van der Waals surface area contributed by atoms with Gasteiger partial charge in [-0.1, -0.05) is 51.8 Å². The Balaban J connectivity index is 2.33. The standard InChI is InChI=1S/C14H13BrClN/c1-9-8-11(4-7-13(9)16)14(17)10-2-5-12(15)6-3-10/h2-8,14H,17H2,1H3. The molecule has 1 nitrogen and oxygen atoms in total. The molecule has 0 saturated carbocycles. The van der Waals surface area contributed by atoms with Crippen LogP contribution < -0.4 is 5.73 Å². The lowest BCUT2D eigenvalue weighted by Gasteiger charge is -2.13. The molecule has 0 amide bonds. The van der Waals surface area contributed by atoms with Crippen LogP contribution in [0.15, 0.2) is 46.9 Å². The third-order valence-electron chi connectivity index (χ3n) is 2.77. The second kappa shape index (κ2) is 5.21. The van der Waals surface area contributed by atoms with E-state index in [9.17, 15) is 0 Å². The molecule has 2 N–H and O–H groups in total. The van der Waals surface area contributed by atoms with Crippen molar-refractivity contribution in [3.8, 4) is 0 Å². The second-order valence-electron chi connectivity index (χ2n) is 4.04. The van der Waals surface area contributed by atoms with Crippen LogP contribution in [0.2, 0.25) is 5.02 Å². The highest BCUT2D eigenvalue weighted by Crippen LogP contribution is 2.24. The van der Waals surface area contributed by atoms with Crippen LogP contribution in [0, 0.1) is 6.92 Å². The molecule has 0 heterocycles. The van der Waals surface area contributed by atoms with Crippen molar-refractivity contribution in [1.29, 1.82) is 0 Å². The molecule has 88 valence electrons. The maximum Gasteiger partial charge on any atom is 0.0551 e. The van der Waals surface area contributed by atoms with Crippen LogP contribution in [0.4, 0.5) is 0 Å². The average Bonchev–Trinajstić information content (AvgIpc) is 2.33. The van der Waals surface area contributed by atoms with Crippen LogP contribution in [0.1, 0.15) is 22.7 Å². The molecule has 1 atom stereocenters. The minimum absolute atomic E-state index is 0.112. The monoisotopic (exact) mass is 309 g/mol. The maximum absolute atomic E-state index is 6.23. The largest absolute Gasteiger partial charge is 0.320 e. The molecule has 0 radical (unpaired) electrons. The number of nitrogens with two attached hydrogens (primary N) is 1. The summed E-state index contributed by atoms with van der Waals surface area (Å²) in [5.74, 6) is 0. The van der Waals surface area contributed by atoms with Crippen LogP contribution in [0.5, 0.6) is 0 Å². The Morgan fingerprint density at radius 1 is 1.06 bits per heavy atom. The van der Waals surface area contributed by atoms with Crippen molar-refractivity contribution >= 4 is 27.5 Å². The normalized spacial score (nSPS) is 12.5. The van der Waals surface area contributed by atoms with Gasteiger partial charge in [0.1, 0.15) is 0 Å². The Labute approximate surface area is 115 Å². The highest BCUT2D eigenvalue weighted by atomic mass is 79.9. The highest BCUT2D eigenvalue weighted by molar-refractivity contribution is 9.10. The summed E-state index contributed by atoms with van der Waals surface area (Å²) < 4.78 is 1.06. The molecule has 0 aromatic heterocycles. The van der Waals surface area contributed by atoms with E-state index in [-0.39, 0.29) is 6.04 Å². The molecule has 17 heavy (non-hydrogen) atoms.